The van der Waals surface area contributed by atoms with Crippen molar-refractivity contribution in [1.29, 1.82) is 0 Å². The quantitative estimate of drug-likeness (QED) is 0.638. The van der Waals surface area contributed by atoms with Gasteiger partial charge in [0.2, 0.25) is 10.0 Å². The number of aromatic carboxylic acids is 1. The zero-order valence-corrected chi connectivity index (χ0v) is 11.1. The molecule has 0 aromatic carbocycles. The Hall–Kier alpha value is -1.00. The zero-order valence-electron chi connectivity index (χ0n) is 9.49. The fourth-order valence-corrected chi connectivity index (χ4v) is 3.37. The molecule has 1 aromatic heterocycles. The minimum Gasteiger partial charge on any atom is -0.477 e. The summed E-state index contributed by atoms with van der Waals surface area (Å²) in [4.78, 5) is 10.6. The van der Waals surface area contributed by atoms with Crippen LogP contribution in [0.2, 0.25) is 0 Å². The Bertz CT molecular complexity index is 509. The molecule has 1 rings (SSSR count). The number of carboxylic acids is 1. The van der Waals surface area contributed by atoms with Crippen molar-refractivity contribution in [3.63, 3.8) is 0 Å². The molecule has 0 radical (unpaired) electrons. The van der Waals surface area contributed by atoms with Crippen LogP contribution in [-0.2, 0) is 14.8 Å². The molecule has 0 fully saturated rings. The summed E-state index contributed by atoms with van der Waals surface area (Å²) < 4.78 is 30.2. The second kappa shape index (κ2) is 6.25. The Kier molecular flexibility index (Phi) is 5.23. The number of nitrogens with one attached hydrogen (secondary N) is 1. The van der Waals surface area contributed by atoms with Crippen LogP contribution in [0.5, 0.6) is 0 Å². The van der Waals surface area contributed by atoms with E-state index in [0.717, 1.165) is 0 Å². The fraction of sp³-hybridized carbons (Fsp3) is 0.444. The summed E-state index contributed by atoms with van der Waals surface area (Å²) in [6, 6.07) is 2.42. The SMILES string of the molecule is COCC(O)CNS(=O)(=O)c1ccc(C(=O)O)s1. The predicted molar refractivity (Wildman–Crippen MR) is 64.3 cm³/mol. The predicted octanol–water partition coefficient (Wildman–Crippen LogP) is -0.268. The maximum absolute atomic E-state index is 11.7. The van der Waals surface area contributed by atoms with E-state index in [2.05, 4.69) is 9.46 Å². The van der Waals surface area contributed by atoms with Crippen LogP contribution in [0.15, 0.2) is 16.3 Å². The summed E-state index contributed by atoms with van der Waals surface area (Å²) in [6.45, 7) is -0.191. The Morgan fingerprint density at radius 1 is 1.56 bits per heavy atom. The highest BCUT2D eigenvalue weighted by atomic mass is 32.2. The van der Waals surface area contributed by atoms with Gasteiger partial charge < -0.3 is 14.9 Å². The average molecular weight is 295 g/mol. The number of sulfonamides is 1. The van der Waals surface area contributed by atoms with E-state index in [0.29, 0.717) is 11.3 Å². The van der Waals surface area contributed by atoms with Crippen LogP contribution >= 0.6 is 11.3 Å². The van der Waals surface area contributed by atoms with Gasteiger partial charge in [0.25, 0.3) is 0 Å². The van der Waals surface area contributed by atoms with E-state index < -0.39 is 22.1 Å². The molecule has 18 heavy (non-hydrogen) atoms. The molecule has 0 saturated carbocycles. The number of methoxy groups -OCH3 is 1. The summed E-state index contributed by atoms with van der Waals surface area (Å²) in [6.07, 6.45) is -0.955. The lowest BCUT2D eigenvalue weighted by atomic mass is 10.4. The molecule has 0 aliphatic heterocycles. The van der Waals surface area contributed by atoms with E-state index in [1.165, 1.54) is 19.2 Å². The summed E-state index contributed by atoms with van der Waals surface area (Å²) >= 11 is 0.650. The molecule has 1 heterocycles. The van der Waals surface area contributed by atoms with Crippen molar-refractivity contribution in [2.75, 3.05) is 20.3 Å². The number of carbonyl (C=O) groups is 1. The molecule has 0 aliphatic rings. The summed E-state index contributed by atoms with van der Waals surface area (Å²) in [5.74, 6) is -1.18. The van der Waals surface area contributed by atoms with Crippen LogP contribution in [0.25, 0.3) is 0 Å². The first kappa shape index (κ1) is 15.1. The van der Waals surface area contributed by atoms with Crippen LogP contribution < -0.4 is 4.72 Å². The van der Waals surface area contributed by atoms with Crippen LogP contribution in [0.1, 0.15) is 9.67 Å². The molecule has 102 valence electrons. The van der Waals surface area contributed by atoms with Gasteiger partial charge in [-0.2, -0.15) is 0 Å². The first-order valence-corrected chi connectivity index (χ1v) is 7.16. The molecular formula is C9H13NO6S2. The topological polar surface area (TPSA) is 113 Å². The maximum Gasteiger partial charge on any atom is 0.345 e. The maximum atomic E-state index is 11.7. The number of hydrogen-bond acceptors (Lipinski definition) is 6. The van der Waals surface area contributed by atoms with Crippen molar-refractivity contribution in [3.05, 3.63) is 17.0 Å². The van der Waals surface area contributed by atoms with Gasteiger partial charge in [0.05, 0.1) is 12.7 Å². The Morgan fingerprint density at radius 3 is 2.72 bits per heavy atom. The lowest BCUT2D eigenvalue weighted by molar-refractivity contribution is 0.0679. The highest BCUT2D eigenvalue weighted by molar-refractivity contribution is 7.91. The van der Waals surface area contributed by atoms with Gasteiger partial charge in [0.1, 0.15) is 9.09 Å². The second-order valence-corrected chi connectivity index (χ2v) is 6.46. The highest BCUT2D eigenvalue weighted by Gasteiger charge is 2.19. The molecule has 9 heteroatoms. The Labute approximate surface area is 108 Å². The van der Waals surface area contributed by atoms with Gasteiger partial charge in [-0.3, -0.25) is 0 Å². The third-order valence-corrected chi connectivity index (χ3v) is 4.91. The summed E-state index contributed by atoms with van der Waals surface area (Å²) in [7, 11) is -2.41. The summed E-state index contributed by atoms with van der Waals surface area (Å²) in [5.41, 5.74) is 0. The van der Waals surface area contributed by atoms with Crippen LogP contribution in [0, 0.1) is 0 Å². The van der Waals surface area contributed by atoms with Gasteiger partial charge in [0.15, 0.2) is 0 Å². The van der Waals surface area contributed by atoms with E-state index in [4.69, 9.17) is 5.11 Å². The number of carboxylic acid groups (broad SMARTS) is 1. The van der Waals surface area contributed by atoms with Gasteiger partial charge in [-0.1, -0.05) is 0 Å². The molecule has 7 nitrogen and oxygen atoms in total. The first-order valence-electron chi connectivity index (χ1n) is 4.86. The average Bonchev–Trinajstić information content (AvgIpc) is 2.77. The molecule has 1 atom stereocenters. The van der Waals surface area contributed by atoms with Crippen molar-refractivity contribution in [3.8, 4) is 0 Å². The van der Waals surface area contributed by atoms with Gasteiger partial charge in [-0.25, -0.2) is 17.9 Å². The van der Waals surface area contributed by atoms with Gasteiger partial charge >= 0.3 is 5.97 Å². The Morgan fingerprint density at radius 2 is 2.22 bits per heavy atom. The number of rotatable bonds is 7. The zero-order chi connectivity index (χ0) is 13.8. The van der Waals surface area contributed by atoms with E-state index in [1.54, 1.807) is 0 Å². The van der Waals surface area contributed by atoms with E-state index >= 15 is 0 Å². The van der Waals surface area contributed by atoms with Crippen molar-refractivity contribution in [2.45, 2.75) is 10.3 Å². The van der Waals surface area contributed by atoms with Crippen molar-refractivity contribution < 1.29 is 28.2 Å². The molecule has 0 saturated heterocycles. The van der Waals surface area contributed by atoms with Crippen LogP contribution in [0.4, 0.5) is 0 Å². The van der Waals surface area contributed by atoms with E-state index in [9.17, 15) is 18.3 Å². The summed E-state index contributed by atoms with van der Waals surface area (Å²) in [5, 5.41) is 18.0. The number of ether oxygens (including phenoxy) is 1. The van der Waals surface area contributed by atoms with E-state index in [1.807, 2.05) is 0 Å². The molecule has 0 amide bonds. The molecule has 0 spiro atoms. The van der Waals surface area contributed by atoms with E-state index in [-0.39, 0.29) is 22.2 Å². The molecular weight excluding hydrogens is 282 g/mol. The lowest BCUT2D eigenvalue weighted by Crippen LogP contribution is -2.34. The standard InChI is InChI=1S/C9H13NO6S2/c1-16-5-6(11)4-10-18(14,15)8-3-2-7(17-8)9(12)13/h2-3,6,10-11H,4-5H2,1H3,(H,12,13). The molecule has 0 bridgehead atoms. The fourth-order valence-electron chi connectivity index (χ4n) is 1.11. The molecule has 1 unspecified atom stereocenters. The van der Waals surface area contributed by atoms with Gasteiger partial charge in [-0.05, 0) is 12.1 Å². The molecule has 0 aliphatic carbocycles. The normalized spacial score (nSPS) is 13.4. The van der Waals surface area contributed by atoms with Gasteiger partial charge in [0, 0.05) is 13.7 Å². The third kappa shape index (κ3) is 4.03. The second-order valence-electron chi connectivity index (χ2n) is 3.38. The van der Waals surface area contributed by atoms with Gasteiger partial charge in [-0.15, -0.1) is 11.3 Å². The van der Waals surface area contributed by atoms with Crippen molar-refractivity contribution in [2.24, 2.45) is 0 Å². The largest absolute Gasteiger partial charge is 0.477 e. The number of hydrogen-bond donors (Lipinski definition) is 3. The monoisotopic (exact) mass is 295 g/mol. The van der Waals surface area contributed by atoms with Crippen LogP contribution in [-0.4, -0.2) is 51.0 Å². The van der Waals surface area contributed by atoms with Crippen LogP contribution in [0.3, 0.4) is 0 Å². The highest BCUT2D eigenvalue weighted by Crippen LogP contribution is 2.21. The lowest BCUT2D eigenvalue weighted by Gasteiger charge is -2.10. The minimum atomic E-state index is -3.80. The third-order valence-electron chi connectivity index (χ3n) is 1.93. The number of aliphatic hydroxyl groups is 1. The first-order chi connectivity index (χ1) is 8.36. The molecule has 3 N–H and O–H groups in total. The smallest absolute Gasteiger partial charge is 0.345 e. The van der Waals surface area contributed by atoms with Crippen molar-refractivity contribution >= 4 is 27.3 Å². The number of thiophene rings is 1. The minimum absolute atomic E-state index is 0.00728. The molecule has 1 aromatic rings. The number of aliphatic hydroxyl groups excluding tert-OH is 1. The Balaban J connectivity index is 2.71. The van der Waals surface area contributed by atoms with Crippen molar-refractivity contribution in [1.82, 2.24) is 4.72 Å².